The van der Waals surface area contributed by atoms with Gasteiger partial charge in [0, 0.05) is 13.0 Å². The zero-order chi connectivity index (χ0) is 15.5. The van der Waals surface area contributed by atoms with E-state index in [1.54, 1.807) is 0 Å². The van der Waals surface area contributed by atoms with Crippen LogP contribution in [0.5, 0.6) is 0 Å². The van der Waals surface area contributed by atoms with E-state index < -0.39 is 12.0 Å². The van der Waals surface area contributed by atoms with Gasteiger partial charge in [-0.25, -0.2) is 4.79 Å². The topological polar surface area (TPSA) is 84.2 Å². The van der Waals surface area contributed by atoms with E-state index in [1.165, 1.54) is 6.20 Å². The lowest BCUT2D eigenvalue weighted by Gasteiger charge is -2.14. The second kappa shape index (κ2) is 6.01. The summed E-state index contributed by atoms with van der Waals surface area (Å²) in [6.45, 7) is 0.814. The summed E-state index contributed by atoms with van der Waals surface area (Å²) in [6, 6.07) is 8.31. The molecule has 0 radical (unpaired) electrons. The molecule has 6 heteroatoms. The fraction of sp³-hybridized carbons (Fsp3) is 0.312. The molecule has 0 bridgehead atoms. The molecule has 0 aliphatic carbocycles. The molecular weight excluding hydrogens is 282 g/mol. The third-order valence-corrected chi connectivity index (χ3v) is 3.86. The van der Waals surface area contributed by atoms with Gasteiger partial charge in [0.15, 0.2) is 0 Å². The number of benzene rings is 1. The van der Waals surface area contributed by atoms with Crippen molar-refractivity contribution in [3.05, 3.63) is 53.3 Å². The minimum absolute atomic E-state index is 0.255. The summed E-state index contributed by atoms with van der Waals surface area (Å²) in [5.74, 6) is -1.41. The quantitative estimate of drug-likeness (QED) is 0.870. The highest BCUT2D eigenvalue weighted by atomic mass is 16.4. The Morgan fingerprint density at radius 2 is 2.09 bits per heavy atom. The van der Waals surface area contributed by atoms with E-state index in [9.17, 15) is 14.7 Å². The van der Waals surface area contributed by atoms with Crippen LogP contribution >= 0.6 is 0 Å². The number of carboxylic acid groups (broad SMARTS) is 1. The van der Waals surface area contributed by atoms with E-state index in [4.69, 9.17) is 0 Å². The van der Waals surface area contributed by atoms with Crippen molar-refractivity contribution in [3.63, 3.8) is 0 Å². The van der Waals surface area contributed by atoms with Crippen molar-refractivity contribution in [2.24, 2.45) is 0 Å². The highest BCUT2D eigenvalue weighted by Crippen LogP contribution is 2.18. The van der Waals surface area contributed by atoms with Gasteiger partial charge in [0.1, 0.15) is 6.04 Å². The van der Waals surface area contributed by atoms with E-state index in [0.717, 1.165) is 30.6 Å². The van der Waals surface area contributed by atoms with Crippen molar-refractivity contribution in [1.82, 2.24) is 15.1 Å². The molecule has 0 saturated heterocycles. The molecule has 1 aliphatic heterocycles. The lowest BCUT2D eigenvalue weighted by molar-refractivity contribution is -0.139. The lowest BCUT2D eigenvalue weighted by atomic mass is 10.1. The molecule has 0 unspecified atom stereocenters. The molecular formula is C16H17N3O3. The lowest BCUT2D eigenvalue weighted by Crippen LogP contribution is -2.42. The molecule has 1 aromatic heterocycles. The maximum atomic E-state index is 12.3. The van der Waals surface area contributed by atoms with E-state index in [1.807, 2.05) is 35.0 Å². The Labute approximate surface area is 127 Å². The number of carboxylic acids is 1. The number of aromatic nitrogens is 2. The summed E-state index contributed by atoms with van der Waals surface area (Å²) in [5, 5.41) is 16.1. The van der Waals surface area contributed by atoms with Crippen LogP contribution in [0.25, 0.3) is 0 Å². The Morgan fingerprint density at radius 3 is 2.82 bits per heavy atom. The fourth-order valence-electron chi connectivity index (χ4n) is 2.74. The number of fused-ring (bicyclic) bond motifs is 1. The standard InChI is InChI=1S/C16H17N3O3/c20-15(12-10-17-19-8-4-7-14(12)19)18-13(16(21)22)9-11-5-2-1-3-6-11/h1-3,5-6,10,13H,4,7-9H2,(H,18,20)(H,21,22)/t13-/m0/s1. The van der Waals surface area contributed by atoms with Crippen LogP contribution in [0.1, 0.15) is 28.0 Å². The monoisotopic (exact) mass is 299 g/mol. The van der Waals surface area contributed by atoms with Crippen LogP contribution in [-0.2, 0) is 24.2 Å². The average molecular weight is 299 g/mol. The summed E-state index contributed by atoms with van der Waals surface area (Å²) >= 11 is 0. The van der Waals surface area contributed by atoms with Crippen molar-refractivity contribution >= 4 is 11.9 Å². The molecule has 0 fully saturated rings. The molecule has 1 atom stereocenters. The van der Waals surface area contributed by atoms with Gasteiger partial charge in [-0.3, -0.25) is 9.48 Å². The number of hydrogen-bond acceptors (Lipinski definition) is 3. The number of hydrogen-bond donors (Lipinski definition) is 2. The third kappa shape index (κ3) is 2.86. The van der Waals surface area contributed by atoms with Crippen molar-refractivity contribution < 1.29 is 14.7 Å². The predicted molar refractivity (Wildman–Crippen MR) is 79.6 cm³/mol. The first kappa shape index (κ1) is 14.3. The van der Waals surface area contributed by atoms with Crippen LogP contribution in [0.2, 0.25) is 0 Å². The zero-order valence-corrected chi connectivity index (χ0v) is 12.0. The second-order valence-electron chi connectivity index (χ2n) is 5.39. The molecule has 2 N–H and O–H groups in total. The number of nitrogens with one attached hydrogen (secondary N) is 1. The smallest absolute Gasteiger partial charge is 0.326 e. The molecule has 6 nitrogen and oxygen atoms in total. The van der Waals surface area contributed by atoms with Crippen LogP contribution in [0.15, 0.2) is 36.5 Å². The number of carbonyl (C=O) groups excluding carboxylic acids is 1. The van der Waals surface area contributed by atoms with Crippen molar-refractivity contribution in [2.45, 2.75) is 31.8 Å². The summed E-state index contributed by atoms with van der Waals surface area (Å²) < 4.78 is 1.81. The number of amides is 1. The highest BCUT2D eigenvalue weighted by Gasteiger charge is 2.25. The van der Waals surface area contributed by atoms with Crippen molar-refractivity contribution in [1.29, 1.82) is 0 Å². The molecule has 1 aliphatic rings. The van der Waals surface area contributed by atoms with Gasteiger partial charge in [-0.05, 0) is 18.4 Å². The first-order valence-electron chi connectivity index (χ1n) is 7.27. The molecule has 1 aromatic carbocycles. The van der Waals surface area contributed by atoms with Gasteiger partial charge in [0.25, 0.3) is 5.91 Å². The normalized spacial score (nSPS) is 14.4. The molecule has 22 heavy (non-hydrogen) atoms. The molecule has 114 valence electrons. The van der Waals surface area contributed by atoms with E-state index in [0.29, 0.717) is 5.56 Å². The van der Waals surface area contributed by atoms with Gasteiger partial charge in [-0.15, -0.1) is 0 Å². The molecule has 0 spiro atoms. The van der Waals surface area contributed by atoms with Gasteiger partial charge in [0.05, 0.1) is 17.5 Å². The zero-order valence-electron chi connectivity index (χ0n) is 12.0. The Balaban J connectivity index is 1.73. The number of rotatable bonds is 5. The molecule has 2 heterocycles. The largest absolute Gasteiger partial charge is 0.480 e. The highest BCUT2D eigenvalue weighted by molar-refractivity contribution is 5.97. The van der Waals surface area contributed by atoms with Crippen LogP contribution in [0.4, 0.5) is 0 Å². The maximum absolute atomic E-state index is 12.3. The van der Waals surface area contributed by atoms with Crippen LogP contribution in [0.3, 0.4) is 0 Å². The van der Waals surface area contributed by atoms with Crippen LogP contribution in [-0.4, -0.2) is 32.8 Å². The number of aliphatic carboxylic acids is 1. The molecule has 2 aromatic rings. The SMILES string of the molecule is O=C(N[C@@H](Cc1ccccc1)C(=O)O)c1cnn2c1CCC2. The summed E-state index contributed by atoms with van der Waals surface area (Å²) in [7, 11) is 0. The second-order valence-corrected chi connectivity index (χ2v) is 5.39. The minimum Gasteiger partial charge on any atom is -0.480 e. The minimum atomic E-state index is -1.04. The summed E-state index contributed by atoms with van der Waals surface area (Å²) in [6.07, 6.45) is 3.55. The Bertz CT molecular complexity index is 694. The maximum Gasteiger partial charge on any atom is 0.326 e. The Morgan fingerprint density at radius 1 is 1.32 bits per heavy atom. The fourth-order valence-corrected chi connectivity index (χ4v) is 2.74. The summed E-state index contributed by atoms with van der Waals surface area (Å²) in [4.78, 5) is 23.7. The first-order chi connectivity index (χ1) is 10.6. The van der Waals surface area contributed by atoms with Crippen LogP contribution < -0.4 is 5.32 Å². The Hall–Kier alpha value is -2.63. The average Bonchev–Trinajstić information content (AvgIpc) is 3.10. The number of nitrogens with zero attached hydrogens (tertiary/aromatic N) is 2. The number of aryl methyl sites for hydroxylation is 1. The Kier molecular flexibility index (Phi) is 3.91. The van der Waals surface area contributed by atoms with E-state index in [2.05, 4.69) is 10.4 Å². The number of carbonyl (C=O) groups is 2. The third-order valence-electron chi connectivity index (χ3n) is 3.86. The van der Waals surface area contributed by atoms with E-state index in [-0.39, 0.29) is 12.3 Å². The molecule has 1 amide bonds. The van der Waals surface area contributed by atoms with Gasteiger partial charge in [0.2, 0.25) is 0 Å². The summed E-state index contributed by atoms with van der Waals surface area (Å²) in [5.41, 5.74) is 2.24. The first-order valence-corrected chi connectivity index (χ1v) is 7.27. The molecule has 0 saturated carbocycles. The van der Waals surface area contributed by atoms with Crippen molar-refractivity contribution in [3.8, 4) is 0 Å². The van der Waals surface area contributed by atoms with Gasteiger partial charge in [-0.1, -0.05) is 30.3 Å². The van der Waals surface area contributed by atoms with E-state index >= 15 is 0 Å². The van der Waals surface area contributed by atoms with Gasteiger partial charge in [-0.2, -0.15) is 5.10 Å². The van der Waals surface area contributed by atoms with Crippen molar-refractivity contribution in [2.75, 3.05) is 0 Å². The van der Waals surface area contributed by atoms with Crippen LogP contribution in [0, 0.1) is 0 Å². The van der Waals surface area contributed by atoms with Gasteiger partial charge < -0.3 is 10.4 Å². The predicted octanol–water partition coefficient (Wildman–Crippen LogP) is 1.25. The molecule has 3 rings (SSSR count). The van der Waals surface area contributed by atoms with Gasteiger partial charge >= 0.3 is 5.97 Å².